The molecule has 1 amide bonds. The zero-order valence-electron chi connectivity index (χ0n) is 15.2. The van der Waals surface area contributed by atoms with Gasteiger partial charge < -0.3 is 10.2 Å². The highest BCUT2D eigenvalue weighted by Gasteiger charge is 2.34. The summed E-state index contributed by atoms with van der Waals surface area (Å²) in [6, 6.07) is 12.0. The van der Waals surface area contributed by atoms with Crippen LogP contribution in [-0.4, -0.2) is 18.5 Å². The zero-order valence-corrected chi connectivity index (χ0v) is 15.2. The fourth-order valence-corrected chi connectivity index (χ4v) is 3.12. The Bertz CT molecular complexity index is 770. The van der Waals surface area contributed by atoms with Crippen LogP contribution in [0.2, 0.25) is 0 Å². The van der Waals surface area contributed by atoms with Crippen molar-refractivity contribution in [1.29, 1.82) is 0 Å². The summed E-state index contributed by atoms with van der Waals surface area (Å²) in [5.41, 5.74) is 2.37. The molecule has 1 unspecified atom stereocenters. The second-order valence-electron chi connectivity index (χ2n) is 7.35. The molecule has 0 radical (unpaired) electrons. The first-order valence-corrected chi connectivity index (χ1v) is 9.10. The molecule has 0 spiro atoms. The predicted octanol–water partition coefficient (Wildman–Crippen LogP) is 3.27. The van der Waals surface area contributed by atoms with Crippen molar-refractivity contribution in [3.8, 4) is 0 Å². The van der Waals surface area contributed by atoms with E-state index < -0.39 is 11.6 Å². The van der Waals surface area contributed by atoms with Crippen LogP contribution >= 0.6 is 0 Å². The Balaban J connectivity index is 1.63. The van der Waals surface area contributed by atoms with Gasteiger partial charge in [-0.05, 0) is 23.6 Å². The first-order chi connectivity index (χ1) is 12.4. The summed E-state index contributed by atoms with van der Waals surface area (Å²) in [6.45, 7) is 5.31. The van der Waals surface area contributed by atoms with Gasteiger partial charge in [-0.15, -0.1) is 0 Å². The molecule has 2 N–H and O–H groups in total. The molecular formula is C21H25F2N2O+. The Kier molecular flexibility index (Phi) is 5.67. The molecule has 3 rings (SSSR count). The maximum Gasteiger partial charge on any atom is 0.279 e. The minimum absolute atomic E-state index is 0.105. The van der Waals surface area contributed by atoms with E-state index in [1.165, 1.54) is 11.1 Å². The number of carbonyl (C=O) groups excluding carboxylic acids is 1. The molecule has 2 aromatic carbocycles. The summed E-state index contributed by atoms with van der Waals surface area (Å²) >= 11 is 0. The highest BCUT2D eigenvalue weighted by atomic mass is 19.1. The van der Waals surface area contributed by atoms with Gasteiger partial charge in [-0.2, -0.15) is 0 Å². The van der Waals surface area contributed by atoms with Crippen LogP contribution in [0.5, 0.6) is 0 Å². The lowest BCUT2D eigenvalue weighted by atomic mass is 10.0. The number of nitrogens with one attached hydrogen (secondary N) is 2. The number of rotatable bonds is 7. The SMILES string of the molecule is CC(C)c1ccc(C[NH+](CC(=O)Nc2cc(F)ccc2F)C2CC2)cc1. The Morgan fingerprint density at radius 2 is 1.85 bits per heavy atom. The van der Waals surface area contributed by atoms with E-state index in [2.05, 4.69) is 43.4 Å². The van der Waals surface area contributed by atoms with Gasteiger partial charge in [0.15, 0.2) is 6.54 Å². The molecule has 0 heterocycles. The van der Waals surface area contributed by atoms with Gasteiger partial charge in [-0.1, -0.05) is 38.1 Å². The van der Waals surface area contributed by atoms with Crippen LogP contribution in [0.1, 0.15) is 43.7 Å². The molecule has 1 aliphatic carbocycles. The van der Waals surface area contributed by atoms with E-state index in [1.807, 2.05) is 0 Å². The van der Waals surface area contributed by atoms with Gasteiger partial charge in [-0.25, -0.2) is 8.78 Å². The highest BCUT2D eigenvalue weighted by Crippen LogP contribution is 2.18. The molecule has 2 aromatic rings. The number of benzene rings is 2. The minimum Gasteiger partial charge on any atom is -0.321 e. The molecule has 1 atom stereocenters. The Hall–Kier alpha value is -2.27. The molecule has 1 saturated carbocycles. The number of halogens is 2. The molecule has 5 heteroatoms. The van der Waals surface area contributed by atoms with Crippen LogP contribution in [0.25, 0.3) is 0 Å². The smallest absolute Gasteiger partial charge is 0.279 e. The summed E-state index contributed by atoms with van der Waals surface area (Å²) < 4.78 is 27.0. The molecule has 0 aromatic heterocycles. The fourth-order valence-electron chi connectivity index (χ4n) is 3.12. The normalized spacial score (nSPS) is 15.1. The standard InChI is InChI=1S/C21H24F2N2O/c1-14(2)16-5-3-15(4-6-16)12-25(18-8-9-18)13-21(26)24-20-11-17(22)7-10-19(20)23/h3-7,10-11,14,18H,8-9,12-13H2,1-2H3,(H,24,26)/p+1. The molecule has 1 aliphatic rings. The lowest BCUT2D eigenvalue weighted by Crippen LogP contribution is -3.13. The largest absolute Gasteiger partial charge is 0.321 e. The van der Waals surface area contributed by atoms with E-state index in [9.17, 15) is 13.6 Å². The molecule has 3 nitrogen and oxygen atoms in total. The third-order valence-corrected chi connectivity index (χ3v) is 4.82. The van der Waals surface area contributed by atoms with E-state index >= 15 is 0 Å². The predicted molar refractivity (Wildman–Crippen MR) is 98.1 cm³/mol. The molecule has 0 saturated heterocycles. The molecule has 0 bridgehead atoms. The molecule has 0 aliphatic heterocycles. The van der Waals surface area contributed by atoms with Crippen molar-refractivity contribution in [3.63, 3.8) is 0 Å². The molecule has 26 heavy (non-hydrogen) atoms. The lowest BCUT2D eigenvalue weighted by Gasteiger charge is -2.19. The fraction of sp³-hybridized carbons (Fsp3) is 0.381. The van der Waals surface area contributed by atoms with Crippen LogP contribution in [0.3, 0.4) is 0 Å². The van der Waals surface area contributed by atoms with E-state index in [1.54, 1.807) is 0 Å². The minimum atomic E-state index is -0.628. The van der Waals surface area contributed by atoms with Crippen molar-refractivity contribution in [1.82, 2.24) is 0 Å². The van der Waals surface area contributed by atoms with Crippen LogP contribution in [0, 0.1) is 11.6 Å². The van der Waals surface area contributed by atoms with Crippen molar-refractivity contribution in [2.45, 2.75) is 45.2 Å². The lowest BCUT2D eigenvalue weighted by molar-refractivity contribution is -0.916. The van der Waals surface area contributed by atoms with E-state index in [0.717, 1.165) is 42.5 Å². The van der Waals surface area contributed by atoms with Crippen LogP contribution in [0.15, 0.2) is 42.5 Å². The average Bonchev–Trinajstić information content (AvgIpc) is 3.43. The first-order valence-electron chi connectivity index (χ1n) is 9.10. The third kappa shape index (κ3) is 4.88. The van der Waals surface area contributed by atoms with Gasteiger partial charge in [-0.3, -0.25) is 4.79 Å². The van der Waals surface area contributed by atoms with Gasteiger partial charge in [0, 0.05) is 24.5 Å². The summed E-state index contributed by atoms with van der Waals surface area (Å²) in [4.78, 5) is 13.5. The van der Waals surface area contributed by atoms with E-state index in [-0.39, 0.29) is 18.1 Å². The zero-order chi connectivity index (χ0) is 18.7. The molecule has 138 valence electrons. The Morgan fingerprint density at radius 1 is 1.15 bits per heavy atom. The Labute approximate surface area is 153 Å². The molecule has 1 fully saturated rings. The monoisotopic (exact) mass is 359 g/mol. The number of hydrogen-bond donors (Lipinski definition) is 2. The van der Waals surface area contributed by atoms with Crippen LogP contribution < -0.4 is 10.2 Å². The maximum atomic E-state index is 13.7. The van der Waals surface area contributed by atoms with E-state index in [0.29, 0.717) is 12.0 Å². The number of quaternary nitrogens is 1. The number of carbonyl (C=O) groups is 1. The third-order valence-electron chi connectivity index (χ3n) is 4.82. The van der Waals surface area contributed by atoms with E-state index in [4.69, 9.17) is 0 Å². The molecular weight excluding hydrogens is 334 g/mol. The summed E-state index contributed by atoms with van der Waals surface area (Å²) in [6.07, 6.45) is 2.20. The summed E-state index contributed by atoms with van der Waals surface area (Å²) in [5.74, 6) is -1.01. The van der Waals surface area contributed by atoms with Gasteiger partial charge >= 0.3 is 0 Å². The van der Waals surface area contributed by atoms with Crippen molar-refractivity contribution in [3.05, 3.63) is 65.2 Å². The van der Waals surface area contributed by atoms with Gasteiger partial charge in [0.2, 0.25) is 0 Å². The van der Waals surface area contributed by atoms with Crippen LogP contribution in [-0.2, 0) is 11.3 Å². The first kappa shape index (κ1) is 18.5. The van der Waals surface area contributed by atoms with Crippen molar-refractivity contribution in [2.75, 3.05) is 11.9 Å². The van der Waals surface area contributed by atoms with Crippen LogP contribution in [0.4, 0.5) is 14.5 Å². The summed E-state index contributed by atoms with van der Waals surface area (Å²) in [7, 11) is 0. The maximum absolute atomic E-state index is 13.7. The topological polar surface area (TPSA) is 33.5 Å². The van der Waals surface area contributed by atoms with Gasteiger partial charge in [0.1, 0.15) is 18.2 Å². The average molecular weight is 359 g/mol. The van der Waals surface area contributed by atoms with Crippen molar-refractivity contribution in [2.24, 2.45) is 0 Å². The second kappa shape index (κ2) is 7.96. The number of hydrogen-bond acceptors (Lipinski definition) is 1. The van der Waals surface area contributed by atoms with Gasteiger partial charge in [0.25, 0.3) is 5.91 Å². The number of amides is 1. The van der Waals surface area contributed by atoms with Crippen molar-refractivity contribution < 1.29 is 18.5 Å². The second-order valence-corrected chi connectivity index (χ2v) is 7.35. The highest BCUT2D eigenvalue weighted by molar-refractivity contribution is 5.91. The Morgan fingerprint density at radius 3 is 2.46 bits per heavy atom. The van der Waals surface area contributed by atoms with Crippen molar-refractivity contribution >= 4 is 11.6 Å². The van der Waals surface area contributed by atoms with Gasteiger partial charge in [0.05, 0.1) is 11.7 Å². The number of anilines is 1. The summed E-state index contributed by atoms with van der Waals surface area (Å²) in [5, 5.41) is 2.50. The quantitative estimate of drug-likeness (QED) is 0.782.